The Labute approximate surface area is 282 Å². The van der Waals surface area contributed by atoms with Crippen LogP contribution in [0.25, 0.3) is 11.6 Å². The van der Waals surface area contributed by atoms with Crippen LogP contribution in [0, 0.1) is 18.3 Å². The smallest absolute Gasteiger partial charge is 0.360 e. The number of aromatic nitrogens is 2. The number of nitrogens with zero attached hydrogens (tertiary/aromatic N) is 2. The summed E-state index contributed by atoms with van der Waals surface area (Å²) in [6.07, 6.45) is -1.89. The number of fused-ring (bicyclic) bond motifs is 4. The number of hydrogen-bond acceptors (Lipinski definition) is 11. The first-order valence-electron chi connectivity index (χ1n) is 16.3. The van der Waals surface area contributed by atoms with Crippen molar-refractivity contribution in [1.29, 1.82) is 0 Å². The van der Waals surface area contributed by atoms with Gasteiger partial charge in [-0.3, -0.25) is 9.59 Å². The molecular weight excluding hydrogens is 630 g/mol. The lowest BCUT2D eigenvalue weighted by Crippen LogP contribution is -2.53. The van der Waals surface area contributed by atoms with Gasteiger partial charge in [0.2, 0.25) is 23.6 Å². The minimum atomic E-state index is -1.35. The largest absolute Gasteiger partial charge is 0.469 e. The van der Waals surface area contributed by atoms with Crippen LogP contribution < -0.4 is 20.7 Å². The molecule has 0 radical (unpaired) electrons. The van der Waals surface area contributed by atoms with Gasteiger partial charge < -0.3 is 39.4 Å². The molecule has 0 saturated heterocycles. The third-order valence-corrected chi connectivity index (χ3v) is 9.50. The molecule has 2 unspecified atom stereocenters. The number of anilines is 1. The van der Waals surface area contributed by atoms with E-state index in [-0.39, 0.29) is 41.3 Å². The number of para-hydroxylation sites is 1. The van der Waals surface area contributed by atoms with Crippen molar-refractivity contribution < 1.29 is 37.8 Å². The number of nitrogens with one attached hydrogen (secondary N) is 3. The first-order chi connectivity index (χ1) is 23.2. The van der Waals surface area contributed by atoms with E-state index in [9.17, 15) is 19.5 Å². The average Bonchev–Trinajstić information content (AvgIpc) is 3.81. The molecule has 13 heteroatoms. The molecule has 0 aliphatic carbocycles. The Morgan fingerprint density at radius 3 is 2.55 bits per heavy atom. The highest BCUT2D eigenvalue weighted by Crippen LogP contribution is 2.59. The number of aryl methyl sites for hydroxylation is 1. The number of carbonyl (C=O) groups is 3. The normalized spacial score (nSPS) is 22.9. The number of aliphatic hydroxyl groups excluding tert-OH is 1. The van der Waals surface area contributed by atoms with Crippen LogP contribution in [0.3, 0.4) is 0 Å². The van der Waals surface area contributed by atoms with E-state index >= 15 is 0 Å². The maximum absolute atomic E-state index is 14.1. The van der Waals surface area contributed by atoms with Crippen LogP contribution in [-0.2, 0) is 26.2 Å². The van der Waals surface area contributed by atoms with E-state index in [4.69, 9.17) is 23.3 Å². The van der Waals surface area contributed by atoms with E-state index in [1.54, 1.807) is 27.7 Å². The van der Waals surface area contributed by atoms with Gasteiger partial charge in [-0.1, -0.05) is 65.0 Å². The molecule has 2 aromatic carbocycles. The number of amides is 2. The molecule has 2 amide bonds. The van der Waals surface area contributed by atoms with Crippen LogP contribution in [0.4, 0.5) is 5.69 Å². The molecule has 256 valence electrons. The van der Waals surface area contributed by atoms with Crippen molar-refractivity contribution in [3.8, 4) is 17.3 Å². The molecule has 5 atom stereocenters. The Kier molecular flexibility index (Phi) is 7.58. The summed E-state index contributed by atoms with van der Waals surface area (Å²) < 4.78 is 24.4. The van der Waals surface area contributed by atoms with Gasteiger partial charge in [-0.05, 0) is 41.5 Å². The summed E-state index contributed by atoms with van der Waals surface area (Å²) in [4.78, 5) is 49.4. The highest BCUT2D eigenvalue weighted by molar-refractivity contribution is 5.90. The number of aliphatic hydroxyl groups is 1. The lowest BCUT2D eigenvalue weighted by atomic mass is 9.72. The maximum Gasteiger partial charge on any atom is 0.360 e. The van der Waals surface area contributed by atoms with Gasteiger partial charge >= 0.3 is 5.97 Å². The van der Waals surface area contributed by atoms with E-state index < -0.39 is 53.0 Å². The Morgan fingerprint density at radius 1 is 1.08 bits per heavy atom. The van der Waals surface area contributed by atoms with E-state index in [1.807, 2.05) is 56.3 Å². The lowest BCUT2D eigenvalue weighted by molar-refractivity contribution is -0.138. The molecular formula is C36H39N5O8. The van der Waals surface area contributed by atoms with Gasteiger partial charge in [-0.25, -0.2) is 14.8 Å². The molecule has 7 rings (SSSR count). The molecule has 4 aromatic rings. The summed E-state index contributed by atoms with van der Waals surface area (Å²) in [6, 6.07) is 11.6. The molecule has 0 fully saturated rings. The zero-order valence-electron chi connectivity index (χ0n) is 28.3. The van der Waals surface area contributed by atoms with Gasteiger partial charge in [0, 0.05) is 17.7 Å². The Balaban J connectivity index is 1.48. The van der Waals surface area contributed by atoms with Crippen molar-refractivity contribution in [3.05, 3.63) is 82.3 Å². The summed E-state index contributed by atoms with van der Waals surface area (Å²) in [5.41, 5.74) is 1.54. The zero-order valence-corrected chi connectivity index (χ0v) is 28.3. The number of hydrogen-bond donors (Lipinski definition) is 4. The van der Waals surface area contributed by atoms with E-state index in [1.165, 1.54) is 7.11 Å². The second kappa shape index (κ2) is 11.5. The fourth-order valence-corrected chi connectivity index (χ4v) is 6.88. The van der Waals surface area contributed by atoms with Crippen LogP contribution in [0.15, 0.2) is 51.3 Å². The molecule has 5 heterocycles. The van der Waals surface area contributed by atoms with Crippen molar-refractivity contribution in [2.24, 2.45) is 11.3 Å². The topological polar surface area (TPSA) is 178 Å². The van der Waals surface area contributed by atoms with Crippen molar-refractivity contribution in [1.82, 2.24) is 20.6 Å². The molecule has 2 aromatic heterocycles. The van der Waals surface area contributed by atoms with Crippen molar-refractivity contribution in [3.63, 3.8) is 0 Å². The van der Waals surface area contributed by atoms with Gasteiger partial charge in [-0.15, -0.1) is 0 Å². The summed E-state index contributed by atoms with van der Waals surface area (Å²) in [5.74, 6) is -0.629. The molecule has 13 nitrogen and oxygen atoms in total. The van der Waals surface area contributed by atoms with Crippen LogP contribution in [-0.4, -0.2) is 58.3 Å². The Hall–Kier alpha value is -5.17. The molecule has 49 heavy (non-hydrogen) atoms. The van der Waals surface area contributed by atoms with E-state index in [0.29, 0.717) is 11.5 Å². The molecule has 4 N–H and O–H groups in total. The first-order valence-corrected chi connectivity index (χ1v) is 16.3. The number of esters is 1. The second-order valence-corrected chi connectivity index (χ2v) is 14.2. The minimum absolute atomic E-state index is 0.0000110. The summed E-state index contributed by atoms with van der Waals surface area (Å²) in [7, 11) is 1.27. The molecule has 3 aliphatic rings. The molecule has 4 bridgehead atoms. The van der Waals surface area contributed by atoms with Gasteiger partial charge in [-0.2, -0.15) is 0 Å². The van der Waals surface area contributed by atoms with Gasteiger partial charge in [0.25, 0.3) is 0 Å². The van der Waals surface area contributed by atoms with Crippen LogP contribution in [0.5, 0.6) is 5.75 Å². The summed E-state index contributed by atoms with van der Waals surface area (Å²) in [5, 5.41) is 20.1. The predicted octanol–water partition coefficient (Wildman–Crippen LogP) is 4.16. The highest BCUT2D eigenvalue weighted by atomic mass is 16.5. The zero-order chi connectivity index (χ0) is 35.0. The molecule has 0 saturated carbocycles. The van der Waals surface area contributed by atoms with Crippen molar-refractivity contribution in [2.45, 2.75) is 77.8 Å². The van der Waals surface area contributed by atoms with Crippen LogP contribution in [0.2, 0.25) is 0 Å². The van der Waals surface area contributed by atoms with Crippen LogP contribution >= 0.6 is 0 Å². The van der Waals surface area contributed by atoms with E-state index in [0.717, 1.165) is 22.4 Å². The molecule has 3 aliphatic heterocycles. The Bertz CT molecular complexity index is 1990. The van der Waals surface area contributed by atoms with Crippen molar-refractivity contribution in [2.75, 3.05) is 12.4 Å². The average molecular weight is 670 g/mol. The number of methoxy groups -OCH3 is 1. The van der Waals surface area contributed by atoms with Gasteiger partial charge in [0.15, 0.2) is 23.4 Å². The maximum atomic E-state index is 14.1. The monoisotopic (exact) mass is 669 g/mol. The molecule has 1 spiro atoms. The lowest BCUT2D eigenvalue weighted by Gasteiger charge is -2.30. The second-order valence-electron chi connectivity index (χ2n) is 14.2. The van der Waals surface area contributed by atoms with Gasteiger partial charge in [0.1, 0.15) is 35.1 Å². The SMILES string of the molecule is COC(=O)c1nc(-c2nc3oc2C24c5ccccc5NC2Oc2ccc(cc24)C[C@H](NC(=O)[C@@H](O)C(C)(C)C)C(=O)N[C@H]3C(C)C)oc1C. The van der Waals surface area contributed by atoms with Gasteiger partial charge in [0.05, 0.1) is 7.11 Å². The predicted molar refractivity (Wildman–Crippen MR) is 176 cm³/mol. The third-order valence-electron chi connectivity index (χ3n) is 9.50. The number of carbonyl (C=O) groups excluding carboxylic acids is 3. The third kappa shape index (κ3) is 5.06. The highest BCUT2D eigenvalue weighted by Gasteiger charge is 2.61. The number of rotatable bonds is 5. The van der Waals surface area contributed by atoms with Crippen LogP contribution in [0.1, 0.15) is 85.3 Å². The number of ether oxygens (including phenoxy) is 2. The number of oxazole rings is 2. The minimum Gasteiger partial charge on any atom is -0.469 e. The van der Waals surface area contributed by atoms with Crippen molar-refractivity contribution >= 4 is 23.5 Å². The number of benzene rings is 2. The fourth-order valence-electron chi connectivity index (χ4n) is 6.88. The van der Waals surface area contributed by atoms with E-state index in [2.05, 4.69) is 20.9 Å². The fraction of sp³-hybridized carbons (Fsp3) is 0.417. The quantitative estimate of drug-likeness (QED) is 0.224. The summed E-state index contributed by atoms with van der Waals surface area (Å²) >= 11 is 0. The summed E-state index contributed by atoms with van der Waals surface area (Å²) in [6.45, 7) is 10.7. The standard InChI is InChI=1S/C36H39N5O8/c1-16(2)24-31-41-26(32-40-25(17(3)47-32)33(45)46-7)28(49-31)36-19-10-8-9-11-21(19)38-34(36)48-23-13-12-18(14-20(23)36)15-22(29(43)39-24)37-30(44)27(42)35(4,5)6/h8-14,16,22,24,27,34,38,42H,15H2,1-7H3,(H,37,44)(H,39,43)/t22-,24-,27+,34?,36?/m0/s1. The Morgan fingerprint density at radius 2 is 1.84 bits per heavy atom. The first kappa shape index (κ1) is 32.4.